The topological polar surface area (TPSA) is 99.0 Å². The van der Waals surface area contributed by atoms with Crippen molar-refractivity contribution < 1.29 is 14.5 Å². The van der Waals surface area contributed by atoms with Gasteiger partial charge in [0.15, 0.2) is 5.78 Å². The molecule has 1 saturated heterocycles. The lowest BCUT2D eigenvalue weighted by Gasteiger charge is -2.40. The number of non-ortho nitro benzene ring substituents is 1. The molecular weight excluding hydrogens is 566 g/mol. The minimum Gasteiger partial charge on any atom is -0.368 e. The van der Waals surface area contributed by atoms with Crippen molar-refractivity contribution in [1.82, 2.24) is 4.90 Å². The predicted octanol–water partition coefficient (Wildman–Crippen LogP) is 6.21. The number of carbonyl (C=O) groups excluding carboxylic acids is 2. The number of ketones is 1. The van der Waals surface area contributed by atoms with Crippen molar-refractivity contribution in [3.63, 3.8) is 0 Å². The maximum atomic E-state index is 14.0. The van der Waals surface area contributed by atoms with Crippen molar-refractivity contribution in [1.29, 1.82) is 0 Å². The number of nitrogens with zero attached hydrogens (tertiary/aromatic N) is 4. The lowest BCUT2D eigenvalue weighted by Crippen LogP contribution is -2.52. The van der Waals surface area contributed by atoms with Crippen molar-refractivity contribution in [3.05, 3.63) is 105 Å². The van der Waals surface area contributed by atoms with Gasteiger partial charge in [-0.1, -0.05) is 37.6 Å². The number of nitro benzene ring substituents is 1. The fourth-order valence-electron chi connectivity index (χ4n) is 6.46. The molecule has 1 N–H and O–H groups in total. The average Bonchev–Trinajstić information content (AvgIpc) is 3.11. The van der Waals surface area contributed by atoms with E-state index in [1.165, 1.54) is 12.1 Å². The van der Waals surface area contributed by atoms with E-state index in [1.54, 1.807) is 12.1 Å². The third-order valence-corrected chi connectivity index (χ3v) is 8.81. The lowest BCUT2D eigenvalue weighted by molar-refractivity contribution is -0.384. The minimum atomic E-state index is -0.588. The number of hydrogen-bond donors (Lipinski definition) is 1. The molecule has 43 heavy (non-hydrogen) atoms. The summed E-state index contributed by atoms with van der Waals surface area (Å²) >= 11 is 6.06. The van der Waals surface area contributed by atoms with E-state index >= 15 is 0 Å². The van der Waals surface area contributed by atoms with E-state index < -0.39 is 11.0 Å². The van der Waals surface area contributed by atoms with Gasteiger partial charge in [0.1, 0.15) is 0 Å². The first-order valence-electron chi connectivity index (χ1n) is 14.5. The van der Waals surface area contributed by atoms with Gasteiger partial charge < -0.3 is 20.0 Å². The summed E-state index contributed by atoms with van der Waals surface area (Å²) in [7, 11) is 0. The minimum absolute atomic E-state index is 0.0175. The highest BCUT2D eigenvalue weighted by atomic mass is 35.5. The van der Waals surface area contributed by atoms with E-state index in [-0.39, 0.29) is 29.3 Å². The molecule has 1 aliphatic carbocycles. The summed E-state index contributed by atoms with van der Waals surface area (Å²) in [6, 6.07) is 21.3. The molecule has 3 aromatic rings. The number of amides is 1. The molecule has 0 radical (unpaired) electrons. The molecule has 6 rings (SSSR count). The SMILES string of the molecule is CC1(C)CC(=O)C2=C(C1)Nc1ccccc1N(CC(=O)N1CCN(c3ccc(Cl)cc3)CC1)C2c1ccc([N+](=O)[O-])cc1. The summed E-state index contributed by atoms with van der Waals surface area (Å²) < 4.78 is 0. The van der Waals surface area contributed by atoms with Crippen LogP contribution in [0.15, 0.2) is 84.1 Å². The number of nitro groups is 1. The van der Waals surface area contributed by atoms with Crippen LogP contribution in [0.1, 0.15) is 38.3 Å². The number of fused-ring (bicyclic) bond motifs is 1. The molecule has 0 bridgehead atoms. The van der Waals surface area contributed by atoms with Crippen LogP contribution in [0.4, 0.5) is 22.7 Å². The Morgan fingerprint density at radius 3 is 2.33 bits per heavy atom. The van der Waals surface area contributed by atoms with Gasteiger partial charge >= 0.3 is 0 Å². The third kappa shape index (κ3) is 5.82. The van der Waals surface area contributed by atoms with Crippen LogP contribution in [0.3, 0.4) is 0 Å². The molecular formula is C33H34ClN5O4. The van der Waals surface area contributed by atoms with Crippen molar-refractivity contribution >= 4 is 46.0 Å². The second-order valence-corrected chi connectivity index (χ2v) is 12.6. The second-order valence-electron chi connectivity index (χ2n) is 12.2. The molecule has 2 heterocycles. The zero-order chi connectivity index (χ0) is 30.3. The Morgan fingerprint density at radius 2 is 1.65 bits per heavy atom. The first-order valence-corrected chi connectivity index (χ1v) is 14.9. The second kappa shape index (κ2) is 11.4. The predicted molar refractivity (Wildman–Crippen MR) is 169 cm³/mol. The molecule has 1 atom stereocenters. The van der Waals surface area contributed by atoms with Gasteiger partial charge in [-0.05, 0) is 65.9 Å². The summed E-state index contributed by atoms with van der Waals surface area (Å²) in [6.07, 6.45) is 1.04. The highest BCUT2D eigenvalue weighted by Crippen LogP contribution is 2.48. The zero-order valence-electron chi connectivity index (χ0n) is 24.3. The normalized spacial score (nSPS) is 19.7. The van der Waals surface area contributed by atoms with Crippen LogP contribution in [-0.2, 0) is 9.59 Å². The molecule has 0 spiro atoms. The molecule has 1 fully saturated rings. The molecule has 3 aromatic carbocycles. The quantitative estimate of drug-likeness (QED) is 0.275. The Bertz CT molecular complexity index is 1590. The first-order chi connectivity index (χ1) is 20.6. The standard InChI is InChI=1S/C33H34ClN5O4/c1-33(2)19-27-31(29(40)20-33)32(22-7-11-25(12-8-22)39(42)43)38(28-6-4-3-5-26(28)35-27)21-30(41)37-17-15-36(16-18-37)24-13-9-23(34)10-14-24/h3-14,32,35H,15-21H2,1-2H3. The van der Waals surface area contributed by atoms with Crippen LogP contribution >= 0.6 is 11.6 Å². The van der Waals surface area contributed by atoms with E-state index in [9.17, 15) is 19.7 Å². The number of halogens is 1. The average molecular weight is 600 g/mol. The fourth-order valence-corrected chi connectivity index (χ4v) is 6.59. The van der Waals surface area contributed by atoms with Gasteiger partial charge in [-0.15, -0.1) is 0 Å². The number of anilines is 3. The molecule has 222 valence electrons. The number of carbonyl (C=O) groups is 2. The summed E-state index contributed by atoms with van der Waals surface area (Å²) in [5.41, 5.74) is 4.62. The van der Waals surface area contributed by atoms with Crippen molar-refractivity contribution in [2.45, 2.75) is 32.7 Å². The lowest BCUT2D eigenvalue weighted by atomic mass is 9.73. The van der Waals surface area contributed by atoms with Gasteiger partial charge in [0, 0.05) is 66.7 Å². The number of rotatable bonds is 5. The number of hydrogen-bond acceptors (Lipinski definition) is 7. The first kappa shape index (κ1) is 28.7. The molecule has 9 nitrogen and oxygen atoms in total. The molecule has 1 amide bonds. The van der Waals surface area contributed by atoms with E-state index in [4.69, 9.17) is 11.6 Å². The van der Waals surface area contributed by atoms with Gasteiger partial charge in [0.25, 0.3) is 5.69 Å². The highest BCUT2D eigenvalue weighted by molar-refractivity contribution is 6.30. The Kier molecular flexibility index (Phi) is 7.60. The number of nitrogens with one attached hydrogen (secondary N) is 1. The number of Topliss-reactive ketones (excluding diaryl/α,β-unsaturated/α-hetero) is 1. The molecule has 0 aromatic heterocycles. The molecule has 10 heteroatoms. The number of benzene rings is 3. The fraction of sp³-hybridized carbons (Fsp3) is 0.333. The monoisotopic (exact) mass is 599 g/mol. The van der Waals surface area contributed by atoms with Crippen molar-refractivity contribution in [3.8, 4) is 0 Å². The van der Waals surface area contributed by atoms with Crippen LogP contribution < -0.4 is 15.1 Å². The van der Waals surface area contributed by atoms with Gasteiger partial charge in [-0.25, -0.2) is 0 Å². The smallest absolute Gasteiger partial charge is 0.269 e. The number of allylic oxidation sites excluding steroid dienone is 1. The van der Waals surface area contributed by atoms with Gasteiger partial charge in [0.05, 0.1) is 28.9 Å². The van der Waals surface area contributed by atoms with Crippen LogP contribution in [0, 0.1) is 15.5 Å². The third-order valence-electron chi connectivity index (χ3n) is 8.55. The van der Waals surface area contributed by atoms with Crippen molar-refractivity contribution in [2.24, 2.45) is 5.41 Å². The van der Waals surface area contributed by atoms with Gasteiger partial charge in [-0.2, -0.15) is 0 Å². The van der Waals surface area contributed by atoms with E-state index in [1.807, 2.05) is 58.3 Å². The Hall–Kier alpha value is -4.37. The largest absolute Gasteiger partial charge is 0.368 e. The van der Waals surface area contributed by atoms with Crippen molar-refractivity contribution in [2.75, 3.05) is 47.8 Å². The Morgan fingerprint density at radius 1 is 0.977 bits per heavy atom. The summed E-state index contributed by atoms with van der Waals surface area (Å²) in [5, 5.41) is 15.7. The zero-order valence-corrected chi connectivity index (χ0v) is 25.0. The maximum Gasteiger partial charge on any atom is 0.269 e. The number of piperazine rings is 1. The maximum absolute atomic E-state index is 14.0. The van der Waals surface area contributed by atoms with Gasteiger partial charge in [0.2, 0.25) is 5.91 Å². The molecule has 2 aliphatic heterocycles. The Balaban J connectivity index is 1.35. The summed E-state index contributed by atoms with van der Waals surface area (Å²) in [5.74, 6) is -0.0194. The van der Waals surface area contributed by atoms with Crippen LogP contribution in [-0.4, -0.2) is 54.2 Å². The van der Waals surface area contributed by atoms with Crippen LogP contribution in [0.2, 0.25) is 5.02 Å². The van der Waals surface area contributed by atoms with Crippen LogP contribution in [0.5, 0.6) is 0 Å². The Labute approximate surface area is 255 Å². The molecule has 1 unspecified atom stereocenters. The summed E-state index contributed by atoms with van der Waals surface area (Å²) in [6.45, 7) is 6.74. The van der Waals surface area contributed by atoms with Crippen LogP contribution in [0.25, 0.3) is 0 Å². The van der Waals surface area contributed by atoms with E-state index in [0.29, 0.717) is 49.6 Å². The molecule has 3 aliphatic rings. The van der Waals surface area contributed by atoms with E-state index in [2.05, 4.69) is 24.1 Å². The summed E-state index contributed by atoms with van der Waals surface area (Å²) in [4.78, 5) is 45.0. The number of para-hydroxylation sites is 2. The molecule has 0 saturated carbocycles. The van der Waals surface area contributed by atoms with Gasteiger partial charge in [-0.3, -0.25) is 19.7 Å². The highest BCUT2D eigenvalue weighted by Gasteiger charge is 2.42. The van der Waals surface area contributed by atoms with E-state index in [0.717, 1.165) is 28.3 Å².